The van der Waals surface area contributed by atoms with E-state index in [0.29, 0.717) is 28.6 Å². The van der Waals surface area contributed by atoms with Crippen molar-refractivity contribution < 1.29 is 19.8 Å². The Morgan fingerprint density at radius 3 is 2.50 bits per heavy atom. The van der Waals surface area contributed by atoms with Crippen molar-refractivity contribution in [2.24, 2.45) is 0 Å². The highest BCUT2D eigenvalue weighted by Gasteiger charge is 2.19. The highest BCUT2D eigenvalue weighted by Crippen LogP contribution is 2.26. The van der Waals surface area contributed by atoms with Gasteiger partial charge in [-0.15, -0.1) is 0 Å². The number of carboxylic acids is 2. The van der Waals surface area contributed by atoms with E-state index in [-0.39, 0.29) is 11.3 Å². The zero-order valence-corrected chi connectivity index (χ0v) is 10.2. The summed E-state index contributed by atoms with van der Waals surface area (Å²) >= 11 is 4.09. The van der Waals surface area contributed by atoms with Crippen molar-refractivity contribution in [3.05, 3.63) is 35.0 Å². The van der Waals surface area contributed by atoms with Crippen LogP contribution >= 0.6 is 12.6 Å². The van der Waals surface area contributed by atoms with Crippen LogP contribution in [0.3, 0.4) is 0 Å². The maximum Gasteiger partial charge on any atom is 0.352 e. The summed E-state index contributed by atoms with van der Waals surface area (Å²) in [5, 5.41) is 18.8. The van der Waals surface area contributed by atoms with Crippen LogP contribution in [0.2, 0.25) is 0 Å². The van der Waals surface area contributed by atoms with Crippen LogP contribution < -0.4 is 0 Å². The Morgan fingerprint density at radius 1 is 1.22 bits per heavy atom. The van der Waals surface area contributed by atoms with Crippen molar-refractivity contribution in [1.29, 1.82) is 0 Å². The predicted molar refractivity (Wildman–Crippen MR) is 69.8 cm³/mol. The number of thiol groups is 1. The largest absolute Gasteiger partial charge is 0.478 e. The number of hydrogen-bond acceptors (Lipinski definition) is 3. The molecule has 0 unspecified atom stereocenters. The molecule has 94 valence electrons. The smallest absolute Gasteiger partial charge is 0.352 e. The second-order valence-electron chi connectivity index (χ2n) is 3.79. The summed E-state index contributed by atoms with van der Waals surface area (Å²) in [7, 11) is 0. The Hall–Kier alpha value is -1.95. The van der Waals surface area contributed by atoms with E-state index in [1.54, 1.807) is 12.1 Å². The summed E-state index contributed by atoms with van der Waals surface area (Å²) in [5.41, 5.74) is 1.04. The zero-order valence-electron chi connectivity index (χ0n) is 9.30. The van der Waals surface area contributed by atoms with Crippen molar-refractivity contribution in [1.82, 2.24) is 4.98 Å². The van der Waals surface area contributed by atoms with Gasteiger partial charge in [-0.2, -0.15) is 12.6 Å². The number of carbonyl (C=O) groups is 2. The van der Waals surface area contributed by atoms with Gasteiger partial charge in [0.25, 0.3) is 0 Å². The van der Waals surface area contributed by atoms with E-state index in [0.717, 1.165) is 0 Å². The van der Waals surface area contributed by atoms with Crippen molar-refractivity contribution in [3.8, 4) is 0 Å². The first-order valence-corrected chi connectivity index (χ1v) is 5.90. The highest BCUT2D eigenvalue weighted by molar-refractivity contribution is 7.80. The highest BCUT2D eigenvalue weighted by atomic mass is 32.1. The molecule has 0 aliphatic carbocycles. The molecular formula is C12H11NO4S. The van der Waals surface area contributed by atoms with Crippen LogP contribution in [0.4, 0.5) is 0 Å². The molecule has 1 aromatic carbocycles. The predicted octanol–water partition coefficient (Wildman–Crippen LogP) is 2.04. The molecule has 1 heterocycles. The van der Waals surface area contributed by atoms with E-state index in [1.807, 2.05) is 0 Å². The van der Waals surface area contributed by atoms with Crippen LogP contribution in [-0.4, -0.2) is 32.9 Å². The lowest BCUT2D eigenvalue weighted by atomic mass is 10.1. The second-order valence-corrected chi connectivity index (χ2v) is 4.24. The van der Waals surface area contributed by atoms with Crippen molar-refractivity contribution in [2.45, 2.75) is 6.42 Å². The lowest BCUT2D eigenvalue weighted by Crippen LogP contribution is -2.01. The summed E-state index contributed by atoms with van der Waals surface area (Å²) in [6.07, 6.45) is 0.466. The van der Waals surface area contributed by atoms with Crippen molar-refractivity contribution in [2.75, 3.05) is 5.75 Å². The average Bonchev–Trinajstić information content (AvgIpc) is 2.68. The standard InChI is InChI=1S/C12H11NO4S/c14-11(15)8-3-1-2-6-7(4-5-18)10(12(16)17)13-9(6)8/h1-3,13,18H,4-5H2,(H,14,15)(H,16,17). The Morgan fingerprint density at radius 2 is 1.94 bits per heavy atom. The monoisotopic (exact) mass is 265 g/mol. The Balaban J connectivity index is 2.79. The van der Waals surface area contributed by atoms with Gasteiger partial charge >= 0.3 is 11.9 Å². The van der Waals surface area contributed by atoms with E-state index in [9.17, 15) is 9.59 Å². The fraction of sp³-hybridized carbons (Fsp3) is 0.167. The molecule has 0 bridgehead atoms. The molecule has 0 saturated carbocycles. The van der Waals surface area contributed by atoms with Crippen LogP contribution in [0, 0.1) is 0 Å². The zero-order chi connectivity index (χ0) is 13.3. The van der Waals surface area contributed by atoms with Gasteiger partial charge in [0.05, 0.1) is 11.1 Å². The number of carboxylic acid groups (broad SMARTS) is 2. The minimum Gasteiger partial charge on any atom is -0.478 e. The fourth-order valence-electron chi connectivity index (χ4n) is 2.01. The number of aromatic amines is 1. The van der Waals surface area contributed by atoms with Crippen LogP contribution in [0.25, 0.3) is 10.9 Å². The normalized spacial score (nSPS) is 10.7. The summed E-state index contributed by atoms with van der Waals surface area (Å²) in [5.74, 6) is -1.69. The number of hydrogen-bond donors (Lipinski definition) is 4. The molecule has 5 nitrogen and oxygen atoms in total. The third-order valence-electron chi connectivity index (χ3n) is 2.75. The lowest BCUT2D eigenvalue weighted by Gasteiger charge is -1.99. The molecule has 0 radical (unpaired) electrons. The fourth-order valence-corrected chi connectivity index (χ4v) is 2.23. The summed E-state index contributed by atoms with van der Waals surface area (Å²) in [6.45, 7) is 0. The number of aromatic carboxylic acids is 2. The van der Waals surface area contributed by atoms with E-state index >= 15 is 0 Å². The molecule has 2 rings (SSSR count). The molecule has 3 N–H and O–H groups in total. The first-order chi connectivity index (χ1) is 8.56. The molecule has 0 atom stereocenters. The van der Waals surface area contributed by atoms with Gasteiger partial charge in [-0.3, -0.25) is 0 Å². The van der Waals surface area contributed by atoms with Crippen LogP contribution in [-0.2, 0) is 6.42 Å². The van der Waals surface area contributed by atoms with Crippen LogP contribution in [0.5, 0.6) is 0 Å². The SMILES string of the molecule is O=C(O)c1[nH]c2c(C(=O)O)cccc2c1CCS. The number of fused-ring (bicyclic) bond motifs is 1. The Labute approximate surface area is 108 Å². The molecule has 0 fully saturated rings. The van der Waals surface area contributed by atoms with Crippen molar-refractivity contribution >= 4 is 35.5 Å². The summed E-state index contributed by atoms with van der Waals surface area (Å²) in [4.78, 5) is 24.9. The summed E-state index contributed by atoms with van der Waals surface area (Å²) in [6, 6.07) is 4.76. The van der Waals surface area contributed by atoms with Crippen molar-refractivity contribution in [3.63, 3.8) is 0 Å². The van der Waals surface area contributed by atoms with Gasteiger partial charge in [0.2, 0.25) is 0 Å². The van der Waals surface area contributed by atoms with Gasteiger partial charge in [0.15, 0.2) is 0 Å². The molecule has 0 spiro atoms. The maximum atomic E-state index is 11.1. The Kier molecular flexibility index (Phi) is 3.29. The second kappa shape index (κ2) is 4.73. The first kappa shape index (κ1) is 12.5. The quantitative estimate of drug-likeness (QED) is 0.637. The molecule has 1 aromatic heterocycles. The molecule has 18 heavy (non-hydrogen) atoms. The van der Waals surface area contributed by atoms with Crippen LogP contribution in [0.15, 0.2) is 18.2 Å². The van der Waals surface area contributed by atoms with Gasteiger partial charge in [-0.05, 0) is 23.8 Å². The summed E-state index contributed by atoms with van der Waals surface area (Å²) < 4.78 is 0. The molecule has 0 aliphatic heterocycles. The molecule has 0 aliphatic rings. The van der Waals surface area contributed by atoms with E-state index < -0.39 is 11.9 Å². The van der Waals surface area contributed by atoms with E-state index in [2.05, 4.69) is 17.6 Å². The number of H-pyrrole nitrogens is 1. The number of para-hydroxylation sites is 1. The number of nitrogens with one attached hydrogen (secondary N) is 1. The minimum atomic E-state index is -1.10. The molecule has 0 amide bonds. The van der Waals surface area contributed by atoms with E-state index in [4.69, 9.17) is 10.2 Å². The number of rotatable bonds is 4. The third kappa shape index (κ3) is 1.95. The molecule has 2 aromatic rings. The molecule has 0 saturated heterocycles. The van der Waals surface area contributed by atoms with Gasteiger partial charge in [0, 0.05) is 5.39 Å². The Bertz CT molecular complexity index is 632. The lowest BCUT2D eigenvalue weighted by molar-refractivity contribution is 0.0680. The maximum absolute atomic E-state index is 11.1. The topological polar surface area (TPSA) is 90.4 Å². The van der Waals surface area contributed by atoms with Gasteiger partial charge in [0.1, 0.15) is 5.69 Å². The van der Waals surface area contributed by atoms with Crippen LogP contribution in [0.1, 0.15) is 26.4 Å². The third-order valence-corrected chi connectivity index (χ3v) is 2.97. The molecule has 6 heteroatoms. The van der Waals surface area contributed by atoms with Gasteiger partial charge < -0.3 is 15.2 Å². The van der Waals surface area contributed by atoms with E-state index in [1.165, 1.54) is 6.07 Å². The number of aromatic nitrogens is 1. The molecular weight excluding hydrogens is 254 g/mol. The van der Waals surface area contributed by atoms with Gasteiger partial charge in [-0.25, -0.2) is 9.59 Å². The van der Waals surface area contributed by atoms with Gasteiger partial charge in [-0.1, -0.05) is 12.1 Å². The number of aryl methyl sites for hydroxylation is 1. The first-order valence-electron chi connectivity index (χ1n) is 5.27. The minimum absolute atomic E-state index is 0.0350. The average molecular weight is 265 g/mol. The number of benzene rings is 1.